The number of benzene rings is 1. The van der Waals surface area contributed by atoms with Gasteiger partial charge in [-0.05, 0) is 6.92 Å². The lowest BCUT2D eigenvalue weighted by molar-refractivity contribution is -0.144. The van der Waals surface area contributed by atoms with Gasteiger partial charge < -0.3 is 9.30 Å². The fourth-order valence-corrected chi connectivity index (χ4v) is 2.22. The van der Waals surface area contributed by atoms with E-state index in [1.165, 1.54) is 4.68 Å². The first kappa shape index (κ1) is 15.0. The monoisotopic (exact) mass is 311 g/mol. The smallest absolute Gasteiger partial charge is 0.327 e. The molecule has 0 unspecified atom stereocenters. The zero-order valence-corrected chi connectivity index (χ0v) is 12.8. The lowest BCUT2D eigenvalue weighted by Crippen LogP contribution is -2.13. The molecule has 0 N–H and O–H groups in total. The number of nitrogens with zero attached hydrogens (tertiary/aromatic N) is 5. The molecule has 3 aromatic rings. The summed E-state index contributed by atoms with van der Waals surface area (Å²) in [7, 11) is 0. The Morgan fingerprint density at radius 2 is 2.04 bits per heavy atom. The minimum atomic E-state index is -0.321. The molecule has 0 saturated heterocycles. The lowest BCUT2D eigenvalue weighted by atomic mass is 10.2. The van der Waals surface area contributed by atoms with Gasteiger partial charge in [0.25, 0.3) is 0 Å². The summed E-state index contributed by atoms with van der Waals surface area (Å²) in [5.41, 5.74) is 2.73. The maximum atomic E-state index is 11.4. The van der Waals surface area contributed by atoms with Crippen LogP contribution in [-0.2, 0) is 22.6 Å². The molecule has 1 aromatic carbocycles. The van der Waals surface area contributed by atoms with E-state index in [2.05, 4.69) is 15.3 Å². The van der Waals surface area contributed by atoms with Gasteiger partial charge in [-0.2, -0.15) is 0 Å². The van der Waals surface area contributed by atoms with E-state index in [9.17, 15) is 4.79 Å². The summed E-state index contributed by atoms with van der Waals surface area (Å²) in [5, 5.41) is 7.99. The topological polar surface area (TPSA) is 74.8 Å². The van der Waals surface area contributed by atoms with Gasteiger partial charge in [-0.1, -0.05) is 35.5 Å². The van der Waals surface area contributed by atoms with E-state index in [-0.39, 0.29) is 12.5 Å². The molecule has 7 heteroatoms. The van der Waals surface area contributed by atoms with Crippen LogP contribution in [0, 0.1) is 0 Å². The number of esters is 1. The van der Waals surface area contributed by atoms with Gasteiger partial charge in [0, 0.05) is 11.8 Å². The number of carbonyl (C=O) groups excluding carboxylic acids is 1. The van der Waals surface area contributed by atoms with Crippen LogP contribution in [-0.4, -0.2) is 37.1 Å². The largest absolute Gasteiger partial charge is 0.465 e. The zero-order valence-electron chi connectivity index (χ0n) is 12.8. The Hall–Kier alpha value is -2.96. The van der Waals surface area contributed by atoms with Gasteiger partial charge in [0.1, 0.15) is 12.2 Å². The third-order valence-corrected chi connectivity index (χ3v) is 3.23. The molecule has 0 aliphatic heterocycles. The predicted molar refractivity (Wildman–Crippen MR) is 83.4 cm³/mol. The molecule has 3 rings (SSSR count). The molecule has 0 atom stereocenters. The summed E-state index contributed by atoms with van der Waals surface area (Å²) in [6.45, 7) is 2.74. The Kier molecular flexibility index (Phi) is 4.46. The second-order valence-corrected chi connectivity index (χ2v) is 5.01. The van der Waals surface area contributed by atoms with Crippen molar-refractivity contribution in [3.63, 3.8) is 0 Å². The molecular weight excluding hydrogens is 294 g/mol. The molecule has 118 valence electrons. The lowest BCUT2D eigenvalue weighted by Gasteiger charge is -2.00. The summed E-state index contributed by atoms with van der Waals surface area (Å²) in [4.78, 5) is 15.8. The molecule has 0 saturated carbocycles. The van der Waals surface area contributed by atoms with Crippen molar-refractivity contribution in [2.24, 2.45) is 0 Å². The van der Waals surface area contributed by atoms with Crippen molar-refractivity contribution in [2.75, 3.05) is 6.61 Å². The Bertz CT molecular complexity index is 779. The third-order valence-electron chi connectivity index (χ3n) is 3.23. The normalized spacial score (nSPS) is 10.7. The summed E-state index contributed by atoms with van der Waals surface area (Å²) in [6, 6.07) is 9.97. The number of hydrogen-bond donors (Lipinski definition) is 0. The molecule has 7 nitrogen and oxygen atoms in total. The second-order valence-electron chi connectivity index (χ2n) is 5.01. The summed E-state index contributed by atoms with van der Waals surface area (Å²) in [6.07, 6.45) is 5.45. The molecule has 0 radical (unpaired) electrons. The molecule has 23 heavy (non-hydrogen) atoms. The van der Waals surface area contributed by atoms with Crippen LogP contribution in [0.25, 0.3) is 11.3 Å². The van der Waals surface area contributed by atoms with E-state index in [1.54, 1.807) is 19.4 Å². The van der Waals surface area contributed by atoms with E-state index in [1.807, 2.05) is 41.1 Å². The van der Waals surface area contributed by atoms with Crippen LogP contribution in [0.15, 0.2) is 49.1 Å². The molecule has 0 fully saturated rings. The van der Waals surface area contributed by atoms with Gasteiger partial charge in [0.2, 0.25) is 0 Å². The van der Waals surface area contributed by atoms with Crippen molar-refractivity contribution in [1.29, 1.82) is 0 Å². The van der Waals surface area contributed by atoms with E-state index < -0.39 is 0 Å². The van der Waals surface area contributed by atoms with E-state index in [0.717, 1.165) is 17.0 Å². The Labute approximate surface area is 133 Å². The first-order valence-corrected chi connectivity index (χ1v) is 7.36. The fraction of sp³-hybridized carbons (Fsp3) is 0.250. The SMILES string of the molecule is CCOC(=O)Cn1cc(Cn2cnc(-c3ccccc3)c2)nn1. The number of rotatable bonds is 6. The molecule has 0 spiro atoms. The predicted octanol–water partition coefficient (Wildman–Crippen LogP) is 1.75. The third kappa shape index (κ3) is 3.82. The first-order chi connectivity index (χ1) is 11.2. The van der Waals surface area contributed by atoms with E-state index in [4.69, 9.17) is 4.74 Å². The van der Waals surface area contributed by atoms with Gasteiger partial charge in [-0.25, -0.2) is 9.67 Å². The van der Waals surface area contributed by atoms with Crippen molar-refractivity contribution in [2.45, 2.75) is 20.0 Å². The summed E-state index contributed by atoms with van der Waals surface area (Å²) >= 11 is 0. The highest BCUT2D eigenvalue weighted by Crippen LogP contribution is 2.16. The maximum absolute atomic E-state index is 11.4. The van der Waals surface area contributed by atoms with Gasteiger partial charge in [-0.15, -0.1) is 5.10 Å². The van der Waals surface area contributed by atoms with Gasteiger partial charge in [0.15, 0.2) is 0 Å². The van der Waals surface area contributed by atoms with Gasteiger partial charge >= 0.3 is 5.97 Å². The minimum absolute atomic E-state index is 0.0695. The number of ether oxygens (including phenoxy) is 1. The van der Waals surface area contributed by atoms with Gasteiger partial charge in [0.05, 0.1) is 31.4 Å². The van der Waals surface area contributed by atoms with Crippen LogP contribution in [0.2, 0.25) is 0 Å². The highest BCUT2D eigenvalue weighted by Gasteiger charge is 2.08. The van der Waals surface area contributed by atoms with Gasteiger partial charge in [-0.3, -0.25) is 4.79 Å². The van der Waals surface area contributed by atoms with Crippen LogP contribution >= 0.6 is 0 Å². The van der Waals surface area contributed by atoms with Crippen molar-refractivity contribution < 1.29 is 9.53 Å². The Morgan fingerprint density at radius 1 is 1.22 bits per heavy atom. The molecule has 2 heterocycles. The quantitative estimate of drug-likeness (QED) is 0.648. The highest BCUT2D eigenvalue weighted by atomic mass is 16.5. The van der Waals surface area contributed by atoms with Crippen LogP contribution in [0.5, 0.6) is 0 Å². The molecule has 0 aliphatic rings. The minimum Gasteiger partial charge on any atom is -0.465 e. The molecule has 2 aromatic heterocycles. The maximum Gasteiger partial charge on any atom is 0.327 e. The summed E-state index contributed by atoms with van der Waals surface area (Å²) < 4.78 is 8.29. The van der Waals surface area contributed by atoms with Crippen molar-refractivity contribution >= 4 is 5.97 Å². The highest BCUT2D eigenvalue weighted by molar-refractivity contribution is 5.68. The van der Waals surface area contributed by atoms with Crippen LogP contribution in [0.4, 0.5) is 0 Å². The van der Waals surface area contributed by atoms with Crippen molar-refractivity contribution in [3.8, 4) is 11.3 Å². The molecule has 0 bridgehead atoms. The molecular formula is C16H17N5O2. The van der Waals surface area contributed by atoms with Crippen LogP contribution in [0.1, 0.15) is 12.6 Å². The van der Waals surface area contributed by atoms with Crippen molar-refractivity contribution in [1.82, 2.24) is 24.5 Å². The molecule has 0 aliphatic carbocycles. The van der Waals surface area contributed by atoms with E-state index in [0.29, 0.717) is 13.2 Å². The molecule has 0 amide bonds. The standard InChI is InChI=1S/C16H17N5O2/c1-2-23-16(22)11-21-9-14(18-19-21)8-20-10-15(17-12-20)13-6-4-3-5-7-13/h3-7,9-10,12H,2,8,11H2,1H3. The number of imidazole rings is 1. The Morgan fingerprint density at radius 3 is 2.83 bits per heavy atom. The van der Waals surface area contributed by atoms with E-state index >= 15 is 0 Å². The number of aromatic nitrogens is 5. The summed E-state index contributed by atoms with van der Waals surface area (Å²) in [5.74, 6) is -0.321. The zero-order chi connectivity index (χ0) is 16.1. The van der Waals surface area contributed by atoms with Crippen molar-refractivity contribution in [3.05, 3.63) is 54.7 Å². The number of carbonyl (C=O) groups is 1. The average molecular weight is 311 g/mol. The van der Waals surface area contributed by atoms with Crippen LogP contribution in [0.3, 0.4) is 0 Å². The second kappa shape index (κ2) is 6.87. The number of hydrogen-bond acceptors (Lipinski definition) is 5. The average Bonchev–Trinajstić information content (AvgIpc) is 3.19. The van der Waals surface area contributed by atoms with Crippen LogP contribution < -0.4 is 0 Å². The fourth-order valence-electron chi connectivity index (χ4n) is 2.22. The Balaban J connectivity index is 1.65. The first-order valence-electron chi connectivity index (χ1n) is 7.36.